The molecule has 0 saturated heterocycles. The Hall–Kier alpha value is -4.06. The van der Waals surface area contributed by atoms with Crippen molar-refractivity contribution in [2.75, 3.05) is 10.6 Å². The lowest BCUT2D eigenvalue weighted by Gasteiger charge is -2.14. The molecule has 0 spiro atoms. The van der Waals surface area contributed by atoms with Gasteiger partial charge in [0.25, 0.3) is 5.91 Å². The van der Waals surface area contributed by atoms with E-state index in [1.807, 2.05) is 37.3 Å². The summed E-state index contributed by atoms with van der Waals surface area (Å²) in [6.07, 6.45) is 0.761. The topological polar surface area (TPSA) is 87.7 Å². The number of phenolic OH excluding ortho intramolecular Hbond substituents is 1. The van der Waals surface area contributed by atoms with Crippen LogP contribution in [0.25, 0.3) is 5.57 Å². The third-order valence-corrected chi connectivity index (χ3v) is 4.87. The monoisotopic (exact) mass is 430 g/mol. The van der Waals surface area contributed by atoms with Crippen LogP contribution in [-0.4, -0.2) is 16.9 Å². The number of allylic oxidation sites excluding steroid dienone is 1. The van der Waals surface area contributed by atoms with Crippen LogP contribution in [0, 0.1) is 0 Å². The van der Waals surface area contributed by atoms with Crippen LogP contribution >= 0.6 is 0 Å². The minimum atomic E-state index is -0.415. The van der Waals surface area contributed by atoms with Gasteiger partial charge in [0.2, 0.25) is 5.91 Å². The van der Waals surface area contributed by atoms with Crippen LogP contribution in [0.15, 0.2) is 73.3 Å². The Bertz CT molecular complexity index is 1140. The van der Waals surface area contributed by atoms with Crippen molar-refractivity contribution in [2.24, 2.45) is 0 Å². The molecule has 0 aromatic heterocycles. The summed E-state index contributed by atoms with van der Waals surface area (Å²) < 4.78 is 5.89. The summed E-state index contributed by atoms with van der Waals surface area (Å²) in [5.41, 5.74) is 3.75. The number of amides is 2. The first-order valence-electron chi connectivity index (χ1n) is 10.3. The zero-order valence-electron chi connectivity index (χ0n) is 18.1. The number of benzene rings is 3. The van der Waals surface area contributed by atoms with Crippen LogP contribution in [0.5, 0.6) is 11.5 Å². The van der Waals surface area contributed by atoms with Crippen molar-refractivity contribution in [3.05, 3.63) is 90.0 Å². The summed E-state index contributed by atoms with van der Waals surface area (Å²) in [7, 11) is 0. The van der Waals surface area contributed by atoms with Gasteiger partial charge in [-0.05, 0) is 53.5 Å². The van der Waals surface area contributed by atoms with Gasteiger partial charge >= 0.3 is 0 Å². The van der Waals surface area contributed by atoms with Crippen molar-refractivity contribution in [1.29, 1.82) is 0 Å². The molecule has 0 atom stereocenters. The highest BCUT2D eigenvalue weighted by Crippen LogP contribution is 2.30. The normalized spacial score (nSPS) is 10.3. The molecule has 0 aliphatic rings. The lowest BCUT2D eigenvalue weighted by Crippen LogP contribution is -2.13. The summed E-state index contributed by atoms with van der Waals surface area (Å²) in [6, 6.07) is 19.4. The van der Waals surface area contributed by atoms with Crippen LogP contribution in [0.3, 0.4) is 0 Å². The first kappa shape index (κ1) is 22.6. The maximum Gasteiger partial charge on any atom is 0.255 e. The number of carbonyl (C=O) groups excluding carboxylic acids is 2. The SMILES string of the molecule is C=C(CC)c1ccc(NC(=O)c2ccc(NC(C)=O)c(OCc3ccccc3)c2)c(O)c1. The Morgan fingerprint density at radius 2 is 1.62 bits per heavy atom. The molecular weight excluding hydrogens is 404 g/mol. The maximum atomic E-state index is 12.8. The van der Waals surface area contributed by atoms with E-state index in [4.69, 9.17) is 4.74 Å². The quantitative estimate of drug-likeness (QED) is 0.406. The molecule has 0 bridgehead atoms. The van der Waals surface area contributed by atoms with Crippen molar-refractivity contribution in [1.82, 2.24) is 0 Å². The Labute approximate surface area is 187 Å². The fourth-order valence-corrected chi connectivity index (χ4v) is 3.07. The number of carbonyl (C=O) groups is 2. The number of hydrogen-bond donors (Lipinski definition) is 3. The molecule has 2 amide bonds. The Morgan fingerprint density at radius 1 is 0.938 bits per heavy atom. The summed E-state index contributed by atoms with van der Waals surface area (Å²) in [6.45, 7) is 7.63. The summed E-state index contributed by atoms with van der Waals surface area (Å²) in [5.74, 6) is -0.330. The minimum absolute atomic E-state index is 0.0409. The number of rotatable bonds is 8. The van der Waals surface area contributed by atoms with E-state index in [-0.39, 0.29) is 18.3 Å². The number of nitrogens with one attached hydrogen (secondary N) is 2. The van der Waals surface area contributed by atoms with Gasteiger partial charge in [0.1, 0.15) is 18.1 Å². The molecular formula is C26H26N2O4. The Morgan fingerprint density at radius 3 is 2.28 bits per heavy atom. The van der Waals surface area contributed by atoms with Gasteiger partial charge in [0.15, 0.2) is 0 Å². The third kappa shape index (κ3) is 5.76. The molecule has 3 aromatic rings. The molecule has 32 heavy (non-hydrogen) atoms. The summed E-state index contributed by atoms with van der Waals surface area (Å²) in [4.78, 5) is 24.4. The largest absolute Gasteiger partial charge is 0.506 e. The molecule has 3 rings (SSSR count). The van der Waals surface area contributed by atoms with E-state index in [0.29, 0.717) is 22.7 Å². The summed E-state index contributed by atoms with van der Waals surface area (Å²) >= 11 is 0. The zero-order valence-corrected chi connectivity index (χ0v) is 18.1. The second-order valence-corrected chi connectivity index (χ2v) is 7.31. The van der Waals surface area contributed by atoms with Crippen molar-refractivity contribution < 1.29 is 19.4 Å². The molecule has 6 nitrogen and oxygen atoms in total. The van der Waals surface area contributed by atoms with E-state index in [9.17, 15) is 14.7 Å². The van der Waals surface area contributed by atoms with Gasteiger partial charge in [-0.2, -0.15) is 0 Å². The van der Waals surface area contributed by atoms with Gasteiger partial charge in [-0.1, -0.05) is 49.9 Å². The molecule has 164 valence electrons. The lowest BCUT2D eigenvalue weighted by atomic mass is 10.0. The van der Waals surface area contributed by atoms with E-state index in [2.05, 4.69) is 17.2 Å². The van der Waals surface area contributed by atoms with Crippen LogP contribution in [-0.2, 0) is 11.4 Å². The fraction of sp³-hybridized carbons (Fsp3) is 0.154. The molecule has 0 saturated carbocycles. The van der Waals surface area contributed by atoms with Gasteiger partial charge < -0.3 is 20.5 Å². The number of ether oxygens (including phenoxy) is 1. The Balaban J connectivity index is 1.81. The van der Waals surface area contributed by atoms with E-state index < -0.39 is 5.91 Å². The first-order chi connectivity index (χ1) is 15.4. The molecule has 3 aromatic carbocycles. The van der Waals surface area contributed by atoms with Crippen LogP contribution in [0.4, 0.5) is 11.4 Å². The molecule has 0 aliphatic heterocycles. The minimum Gasteiger partial charge on any atom is -0.506 e. The molecule has 0 radical (unpaired) electrons. The van der Waals surface area contributed by atoms with Gasteiger partial charge in [0, 0.05) is 12.5 Å². The molecule has 0 aliphatic carbocycles. The van der Waals surface area contributed by atoms with Crippen molar-refractivity contribution in [3.63, 3.8) is 0 Å². The molecule has 0 heterocycles. The van der Waals surface area contributed by atoms with Crippen molar-refractivity contribution >= 4 is 28.8 Å². The molecule has 3 N–H and O–H groups in total. The molecule has 0 unspecified atom stereocenters. The number of hydrogen-bond acceptors (Lipinski definition) is 4. The average molecular weight is 431 g/mol. The summed E-state index contributed by atoms with van der Waals surface area (Å²) in [5, 5.41) is 15.7. The highest BCUT2D eigenvalue weighted by molar-refractivity contribution is 6.06. The van der Waals surface area contributed by atoms with Crippen LogP contribution in [0.2, 0.25) is 0 Å². The number of anilines is 2. The van der Waals surface area contributed by atoms with Gasteiger partial charge in [-0.25, -0.2) is 0 Å². The van der Waals surface area contributed by atoms with Gasteiger partial charge in [-0.3, -0.25) is 9.59 Å². The number of aromatic hydroxyl groups is 1. The maximum absolute atomic E-state index is 12.8. The zero-order chi connectivity index (χ0) is 23.1. The number of phenols is 1. The van der Waals surface area contributed by atoms with Gasteiger partial charge in [0.05, 0.1) is 11.4 Å². The van der Waals surface area contributed by atoms with Crippen molar-refractivity contribution in [3.8, 4) is 11.5 Å². The predicted molar refractivity (Wildman–Crippen MR) is 127 cm³/mol. The standard InChI is InChI=1S/C26H26N2O4/c1-4-17(2)20-10-12-22(24(30)14-20)28-26(31)21-11-13-23(27-18(3)29)25(15-21)32-16-19-8-6-5-7-9-19/h5-15,30H,2,4,16H2,1,3H3,(H,27,29)(H,28,31). The van der Waals surface area contributed by atoms with Crippen LogP contribution < -0.4 is 15.4 Å². The highest BCUT2D eigenvalue weighted by atomic mass is 16.5. The van der Waals surface area contributed by atoms with E-state index in [0.717, 1.165) is 23.1 Å². The van der Waals surface area contributed by atoms with E-state index in [1.165, 1.54) is 6.92 Å². The Kier molecular flexibility index (Phi) is 7.29. The van der Waals surface area contributed by atoms with Crippen LogP contribution in [0.1, 0.15) is 41.8 Å². The molecule has 6 heteroatoms. The highest BCUT2D eigenvalue weighted by Gasteiger charge is 2.14. The lowest BCUT2D eigenvalue weighted by molar-refractivity contribution is -0.114. The van der Waals surface area contributed by atoms with E-state index >= 15 is 0 Å². The second kappa shape index (κ2) is 10.3. The average Bonchev–Trinajstić information content (AvgIpc) is 2.79. The molecule has 0 fully saturated rings. The second-order valence-electron chi connectivity index (χ2n) is 7.31. The van der Waals surface area contributed by atoms with Gasteiger partial charge in [-0.15, -0.1) is 0 Å². The fourth-order valence-electron chi connectivity index (χ4n) is 3.07. The predicted octanol–water partition coefficient (Wildman–Crippen LogP) is 5.61. The first-order valence-corrected chi connectivity index (χ1v) is 10.3. The van der Waals surface area contributed by atoms with E-state index in [1.54, 1.807) is 36.4 Å². The van der Waals surface area contributed by atoms with Crippen molar-refractivity contribution in [2.45, 2.75) is 26.9 Å². The third-order valence-electron chi connectivity index (χ3n) is 4.87. The smallest absolute Gasteiger partial charge is 0.255 e.